The van der Waals surface area contributed by atoms with Gasteiger partial charge in [0.25, 0.3) is 0 Å². The minimum absolute atomic E-state index is 0.0655. The van der Waals surface area contributed by atoms with E-state index in [9.17, 15) is 9.00 Å². The number of nitrogens with zero attached hydrogens (tertiary/aromatic N) is 3. The molecule has 5 aromatic carbocycles. The Bertz CT molecular complexity index is 2110. The highest BCUT2D eigenvalue weighted by atomic mass is 32.2. The molecule has 0 saturated carbocycles. The summed E-state index contributed by atoms with van der Waals surface area (Å²) >= 11 is 0. The van der Waals surface area contributed by atoms with Crippen molar-refractivity contribution in [2.45, 2.75) is 22.6 Å². The first-order valence-corrected chi connectivity index (χ1v) is 15.4. The SMILES string of the molecule is Cc1nc2cccc3c2n1-c1ccc(-c2ccc(C4=Nc5ccccc5C4c4ccccc4)cc2)cc1[SH]3(=O)C=O. The van der Waals surface area contributed by atoms with Gasteiger partial charge in [-0.25, -0.2) is 4.98 Å². The summed E-state index contributed by atoms with van der Waals surface area (Å²) in [5.41, 5.74) is 10.3. The second-order valence-corrected chi connectivity index (χ2v) is 13.1. The van der Waals surface area contributed by atoms with Crippen LogP contribution in [-0.2, 0) is 14.7 Å². The number of hydrogen-bond acceptors (Lipinski definition) is 4. The third kappa shape index (κ3) is 3.41. The predicted octanol–water partition coefficient (Wildman–Crippen LogP) is 7.21. The first-order valence-electron chi connectivity index (χ1n) is 13.6. The lowest BCUT2D eigenvalue weighted by atomic mass is 9.85. The molecular weight excluding hydrogens is 526 g/mol. The molecule has 6 aromatic rings. The van der Waals surface area contributed by atoms with E-state index >= 15 is 0 Å². The molecule has 3 heterocycles. The average molecular weight is 552 g/mol. The van der Waals surface area contributed by atoms with E-state index in [1.165, 1.54) is 11.1 Å². The number of carbonyl (C=O) groups is 1. The van der Waals surface area contributed by atoms with Crippen molar-refractivity contribution in [1.29, 1.82) is 0 Å². The van der Waals surface area contributed by atoms with Crippen LogP contribution in [-0.4, -0.2) is 25.1 Å². The van der Waals surface area contributed by atoms with E-state index < -0.39 is 9.93 Å². The van der Waals surface area contributed by atoms with Crippen LogP contribution in [0, 0.1) is 6.92 Å². The maximum Gasteiger partial charge on any atom is 0.191 e. The molecule has 0 N–H and O–H groups in total. The topological polar surface area (TPSA) is 64.3 Å². The standard InChI is InChI=1S/C35H25N3O2S/c1-22-36-29-12-7-13-31-35(29)38(22)30-19-18-26(20-32(30)41(31,40)21-39)23-14-16-25(17-15-23)34-33(24-8-3-2-4-9-24)27-10-5-6-11-28(27)37-34/h2-21,33,41H,1H3. The predicted molar refractivity (Wildman–Crippen MR) is 165 cm³/mol. The molecule has 2 aliphatic heterocycles. The average Bonchev–Trinajstić information content (AvgIpc) is 3.58. The van der Waals surface area contributed by atoms with E-state index in [0.29, 0.717) is 15.4 Å². The van der Waals surface area contributed by atoms with E-state index in [0.717, 1.165) is 50.6 Å². The van der Waals surface area contributed by atoms with Gasteiger partial charge in [-0.3, -0.25) is 18.6 Å². The summed E-state index contributed by atoms with van der Waals surface area (Å²) in [5.74, 6) is 0.866. The zero-order valence-corrected chi connectivity index (χ0v) is 23.1. The Morgan fingerprint density at radius 3 is 2.29 bits per heavy atom. The Kier molecular flexibility index (Phi) is 5.12. The first kappa shape index (κ1) is 23.9. The molecule has 0 aliphatic carbocycles. The lowest BCUT2D eigenvalue weighted by Gasteiger charge is -2.29. The van der Waals surface area contributed by atoms with Crippen LogP contribution >= 0.6 is 0 Å². The number of para-hydroxylation sites is 2. The summed E-state index contributed by atoms with van der Waals surface area (Å²) in [5, 5.41) is 0. The van der Waals surface area contributed by atoms with E-state index in [2.05, 4.69) is 71.7 Å². The van der Waals surface area contributed by atoms with Gasteiger partial charge in [0.05, 0.1) is 43.8 Å². The summed E-state index contributed by atoms with van der Waals surface area (Å²) in [6.07, 6.45) is 0. The largest absolute Gasteiger partial charge is 0.294 e. The Balaban J connectivity index is 1.22. The maximum absolute atomic E-state index is 14.3. The third-order valence-electron chi connectivity index (χ3n) is 8.31. The third-order valence-corrected chi connectivity index (χ3v) is 10.8. The molecule has 198 valence electrons. The number of thiol groups is 1. The number of hydrogen-bond donors (Lipinski definition) is 1. The van der Waals surface area contributed by atoms with Gasteiger partial charge in [-0.2, -0.15) is 0 Å². The van der Waals surface area contributed by atoms with Gasteiger partial charge in [0.1, 0.15) is 5.82 Å². The highest BCUT2D eigenvalue weighted by Crippen LogP contribution is 2.44. The minimum atomic E-state index is -3.49. The lowest BCUT2D eigenvalue weighted by molar-refractivity contribution is 0.565. The van der Waals surface area contributed by atoms with Gasteiger partial charge in [0.15, 0.2) is 5.62 Å². The Hall–Kier alpha value is -4.94. The molecule has 0 radical (unpaired) electrons. The fourth-order valence-electron chi connectivity index (χ4n) is 6.41. The van der Waals surface area contributed by atoms with Crippen LogP contribution in [0.1, 0.15) is 28.4 Å². The van der Waals surface area contributed by atoms with E-state index in [1.807, 2.05) is 54.0 Å². The summed E-state index contributed by atoms with van der Waals surface area (Å²) in [7, 11) is -3.49. The highest BCUT2D eigenvalue weighted by molar-refractivity contribution is 8.15. The van der Waals surface area contributed by atoms with Crippen molar-refractivity contribution in [3.63, 3.8) is 0 Å². The van der Waals surface area contributed by atoms with Crippen molar-refractivity contribution in [3.8, 4) is 16.8 Å². The second kappa shape index (κ2) is 8.78. The first-order chi connectivity index (χ1) is 20.1. The molecule has 1 unspecified atom stereocenters. The quantitative estimate of drug-likeness (QED) is 0.186. The number of aliphatic imine (C=N–C) groups is 1. The molecule has 1 aromatic heterocycles. The van der Waals surface area contributed by atoms with E-state index in [-0.39, 0.29) is 5.92 Å². The van der Waals surface area contributed by atoms with Crippen LogP contribution in [0.3, 0.4) is 0 Å². The van der Waals surface area contributed by atoms with Gasteiger partial charge in [-0.15, -0.1) is 0 Å². The van der Waals surface area contributed by atoms with Gasteiger partial charge in [-0.05, 0) is 65.1 Å². The number of fused-ring (bicyclic) bond motifs is 3. The van der Waals surface area contributed by atoms with Crippen LogP contribution in [0.4, 0.5) is 5.69 Å². The number of carbonyl (C=O) groups excluding carboxylic acids is 1. The smallest absolute Gasteiger partial charge is 0.191 e. The molecule has 5 nitrogen and oxygen atoms in total. The molecule has 0 fully saturated rings. The fraction of sp³-hybridized carbons (Fsp3) is 0.0571. The fourth-order valence-corrected chi connectivity index (χ4v) is 8.58. The van der Waals surface area contributed by atoms with Crippen LogP contribution in [0.5, 0.6) is 0 Å². The van der Waals surface area contributed by atoms with Crippen molar-refractivity contribution < 1.29 is 9.00 Å². The molecular formula is C35H25N3O2S. The zero-order valence-electron chi connectivity index (χ0n) is 22.2. The number of imidazole rings is 1. The normalized spacial score (nSPS) is 17.0. The van der Waals surface area contributed by atoms with E-state index in [4.69, 9.17) is 4.99 Å². The van der Waals surface area contributed by atoms with Gasteiger partial charge in [0, 0.05) is 9.93 Å². The van der Waals surface area contributed by atoms with Crippen molar-refractivity contribution in [1.82, 2.24) is 9.55 Å². The monoisotopic (exact) mass is 551 g/mol. The van der Waals surface area contributed by atoms with Crippen LogP contribution < -0.4 is 0 Å². The Labute approximate surface area is 238 Å². The number of aromatic nitrogens is 2. The maximum atomic E-state index is 14.3. The van der Waals surface area contributed by atoms with Crippen LogP contribution in [0.2, 0.25) is 0 Å². The van der Waals surface area contributed by atoms with Gasteiger partial charge >= 0.3 is 0 Å². The Morgan fingerprint density at radius 2 is 1.49 bits per heavy atom. The van der Waals surface area contributed by atoms with Crippen molar-refractivity contribution in [2.24, 2.45) is 4.99 Å². The Morgan fingerprint density at radius 1 is 0.756 bits per heavy atom. The molecule has 8 rings (SSSR count). The number of aryl methyl sites for hydroxylation is 1. The van der Waals surface area contributed by atoms with Crippen molar-refractivity contribution in [3.05, 3.63) is 138 Å². The lowest BCUT2D eigenvalue weighted by Crippen LogP contribution is -2.22. The summed E-state index contributed by atoms with van der Waals surface area (Å²) < 4.78 is 16.3. The van der Waals surface area contributed by atoms with Crippen molar-refractivity contribution in [2.75, 3.05) is 0 Å². The number of benzene rings is 5. The molecule has 1 atom stereocenters. The van der Waals surface area contributed by atoms with Crippen LogP contribution in [0.15, 0.2) is 130 Å². The molecule has 0 amide bonds. The summed E-state index contributed by atoms with van der Waals surface area (Å²) in [6.45, 7) is 1.93. The van der Waals surface area contributed by atoms with Gasteiger partial charge in [0.2, 0.25) is 0 Å². The molecule has 2 aliphatic rings. The van der Waals surface area contributed by atoms with E-state index in [1.54, 1.807) is 6.07 Å². The highest BCUT2D eigenvalue weighted by Gasteiger charge is 2.34. The molecule has 6 heteroatoms. The summed E-state index contributed by atoms with van der Waals surface area (Å²) in [6, 6.07) is 38.6. The molecule has 41 heavy (non-hydrogen) atoms. The molecule has 0 spiro atoms. The second-order valence-electron chi connectivity index (χ2n) is 10.6. The molecule has 0 saturated heterocycles. The number of rotatable bonds is 4. The minimum Gasteiger partial charge on any atom is -0.294 e. The van der Waals surface area contributed by atoms with Crippen molar-refractivity contribution >= 4 is 38.0 Å². The van der Waals surface area contributed by atoms with Gasteiger partial charge in [-0.1, -0.05) is 84.9 Å². The van der Waals surface area contributed by atoms with Gasteiger partial charge < -0.3 is 0 Å². The molecule has 0 bridgehead atoms. The van der Waals surface area contributed by atoms with Crippen LogP contribution in [0.25, 0.3) is 27.8 Å². The summed E-state index contributed by atoms with van der Waals surface area (Å²) in [4.78, 5) is 23.3. The zero-order chi connectivity index (χ0) is 27.7.